The molecule has 38 heavy (non-hydrogen) atoms. The molecule has 2 heterocycles. The van der Waals surface area contributed by atoms with Crippen LogP contribution < -0.4 is 5.32 Å². The summed E-state index contributed by atoms with van der Waals surface area (Å²) in [6.07, 6.45) is -2.50. The highest BCUT2D eigenvalue weighted by Crippen LogP contribution is 2.39. The molecule has 1 aliphatic carbocycles. The van der Waals surface area contributed by atoms with Gasteiger partial charge >= 0.3 is 6.18 Å². The molecule has 2 aliphatic heterocycles. The molecule has 212 valence electrons. The second kappa shape index (κ2) is 10.4. The molecule has 3 atom stereocenters. The number of aliphatic hydroxyl groups is 1. The number of nitrogens with zero attached hydrogens (tertiary/aromatic N) is 2. The Morgan fingerprint density at radius 2 is 1.82 bits per heavy atom. The average molecular weight is 564 g/mol. The highest BCUT2D eigenvalue weighted by atomic mass is 32.2. The lowest BCUT2D eigenvalue weighted by Gasteiger charge is -2.44. The van der Waals surface area contributed by atoms with E-state index in [2.05, 4.69) is 5.32 Å². The molecule has 8 nitrogen and oxygen atoms in total. The molecule has 3 aliphatic rings. The van der Waals surface area contributed by atoms with Gasteiger partial charge in [-0.25, -0.2) is 17.1 Å². The maximum atomic E-state index is 14.4. The molecule has 4 rings (SSSR count). The summed E-state index contributed by atoms with van der Waals surface area (Å²) < 4.78 is 80.3. The Kier molecular flexibility index (Phi) is 7.85. The minimum absolute atomic E-state index is 0.0117. The van der Waals surface area contributed by atoms with Gasteiger partial charge in [0, 0.05) is 25.2 Å². The quantitative estimate of drug-likeness (QED) is 0.518. The first-order valence-corrected chi connectivity index (χ1v) is 14.3. The summed E-state index contributed by atoms with van der Waals surface area (Å²) in [5.41, 5.74) is -2.24. The van der Waals surface area contributed by atoms with Crippen LogP contribution in [0.25, 0.3) is 0 Å². The van der Waals surface area contributed by atoms with Crippen LogP contribution in [0.15, 0.2) is 18.2 Å². The summed E-state index contributed by atoms with van der Waals surface area (Å²) in [6, 6.07) is 0.351. The molecule has 2 amide bonds. The van der Waals surface area contributed by atoms with Gasteiger partial charge in [-0.3, -0.25) is 9.59 Å². The van der Waals surface area contributed by atoms with E-state index in [9.17, 15) is 40.7 Å². The summed E-state index contributed by atoms with van der Waals surface area (Å²) in [7, 11) is -3.66. The van der Waals surface area contributed by atoms with Crippen LogP contribution in [0.2, 0.25) is 0 Å². The SMILES string of the molecule is C[C@@H](NC(=O)[C@H]1CCCN1C(=O)[C@H]1CCCN(S(=O)(=O)C2CC(C)(O)C2)C1)c1ccc(C(F)(F)F)cc1F. The van der Waals surface area contributed by atoms with E-state index in [1.54, 1.807) is 6.92 Å². The minimum Gasteiger partial charge on any atom is -0.390 e. The van der Waals surface area contributed by atoms with Crippen molar-refractivity contribution >= 4 is 21.8 Å². The lowest BCUT2D eigenvalue weighted by atomic mass is 9.82. The molecule has 0 radical (unpaired) electrons. The van der Waals surface area contributed by atoms with E-state index in [1.165, 1.54) is 16.1 Å². The number of hydrogen-bond acceptors (Lipinski definition) is 5. The molecule has 0 unspecified atom stereocenters. The van der Waals surface area contributed by atoms with E-state index in [0.29, 0.717) is 44.8 Å². The summed E-state index contributed by atoms with van der Waals surface area (Å²) in [5, 5.41) is 11.9. The van der Waals surface area contributed by atoms with Crippen LogP contribution >= 0.6 is 0 Å². The Morgan fingerprint density at radius 3 is 2.42 bits per heavy atom. The van der Waals surface area contributed by atoms with Crippen molar-refractivity contribution in [2.24, 2.45) is 5.92 Å². The normalized spacial score (nSPS) is 29.6. The molecule has 1 saturated carbocycles. The van der Waals surface area contributed by atoms with Gasteiger partial charge in [0.25, 0.3) is 0 Å². The number of carbonyl (C=O) groups excluding carboxylic acids is 2. The van der Waals surface area contributed by atoms with Crippen LogP contribution in [0.4, 0.5) is 17.6 Å². The number of rotatable bonds is 6. The summed E-state index contributed by atoms with van der Waals surface area (Å²) in [5.74, 6) is -2.57. The molecule has 2 N–H and O–H groups in total. The fraction of sp³-hybridized carbons (Fsp3) is 0.680. The van der Waals surface area contributed by atoms with Crippen LogP contribution in [0.3, 0.4) is 0 Å². The second-order valence-corrected chi connectivity index (χ2v) is 13.1. The number of alkyl halides is 3. The van der Waals surface area contributed by atoms with Crippen molar-refractivity contribution in [2.45, 2.75) is 81.5 Å². The molecule has 0 spiro atoms. The Bertz CT molecular complexity index is 1180. The Morgan fingerprint density at radius 1 is 1.16 bits per heavy atom. The molecule has 3 fully saturated rings. The third-order valence-electron chi connectivity index (χ3n) is 7.84. The van der Waals surface area contributed by atoms with Crippen molar-refractivity contribution in [2.75, 3.05) is 19.6 Å². The highest BCUT2D eigenvalue weighted by Gasteiger charge is 2.49. The van der Waals surface area contributed by atoms with E-state index in [-0.39, 0.29) is 30.9 Å². The number of sulfonamides is 1. The predicted octanol–water partition coefficient (Wildman–Crippen LogP) is 2.97. The van der Waals surface area contributed by atoms with Gasteiger partial charge in [-0.1, -0.05) is 6.07 Å². The summed E-state index contributed by atoms with van der Waals surface area (Å²) >= 11 is 0. The van der Waals surface area contributed by atoms with Crippen molar-refractivity contribution in [3.63, 3.8) is 0 Å². The third kappa shape index (κ3) is 5.84. The lowest BCUT2D eigenvalue weighted by Crippen LogP contribution is -2.56. The fourth-order valence-electron chi connectivity index (χ4n) is 5.70. The van der Waals surface area contributed by atoms with E-state index in [0.717, 1.165) is 12.1 Å². The number of hydrogen-bond donors (Lipinski definition) is 2. The molecule has 1 aromatic rings. The van der Waals surface area contributed by atoms with Crippen LogP contribution in [-0.2, 0) is 25.8 Å². The largest absolute Gasteiger partial charge is 0.416 e. The highest BCUT2D eigenvalue weighted by molar-refractivity contribution is 7.89. The zero-order valence-electron chi connectivity index (χ0n) is 21.3. The Labute approximate surface area is 219 Å². The van der Waals surface area contributed by atoms with E-state index < -0.39 is 62.3 Å². The second-order valence-electron chi connectivity index (χ2n) is 10.9. The number of likely N-dealkylation sites (tertiary alicyclic amines) is 1. The van der Waals surface area contributed by atoms with Crippen molar-refractivity contribution in [1.29, 1.82) is 0 Å². The molecule has 0 bridgehead atoms. The van der Waals surface area contributed by atoms with E-state index in [1.807, 2.05) is 0 Å². The molecule has 1 aromatic carbocycles. The first kappa shape index (κ1) is 28.8. The Hall–Kier alpha value is -2.25. The van der Waals surface area contributed by atoms with Crippen LogP contribution in [0, 0.1) is 11.7 Å². The van der Waals surface area contributed by atoms with Crippen molar-refractivity contribution in [3.8, 4) is 0 Å². The van der Waals surface area contributed by atoms with Gasteiger partial charge in [0.2, 0.25) is 21.8 Å². The number of halogens is 4. The molecule has 13 heteroatoms. The average Bonchev–Trinajstić information content (AvgIpc) is 3.31. The first-order valence-electron chi connectivity index (χ1n) is 12.8. The van der Waals surface area contributed by atoms with E-state index in [4.69, 9.17) is 0 Å². The molecule has 2 saturated heterocycles. The molecular formula is C25H33F4N3O5S. The number of nitrogens with one attached hydrogen (secondary N) is 1. The van der Waals surface area contributed by atoms with Gasteiger partial charge in [0.05, 0.1) is 28.4 Å². The van der Waals surface area contributed by atoms with Gasteiger partial charge in [-0.2, -0.15) is 13.2 Å². The minimum atomic E-state index is -4.69. The van der Waals surface area contributed by atoms with Crippen molar-refractivity contribution in [3.05, 3.63) is 35.1 Å². The topological polar surface area (TPSA) is 107 Å². The van der Waals surface area contributed by atoms with Crippen molar-refractivity contribution < 1.29 is 40.7 Å². The van der Waals surface area contributed by atoms with Gasteiger partial charge in [-0.05, 0) is 64.5 Å². The maximum absolute atomic E-state index is 14.4. The number of carbonyl (C=O) groups is 2. The van der Waals surface area contributed by atoms with Crippen LogP contribution in [-0.4, -0.2) is 71.1 Å². The predicted molar refractivity (Wildman–Crippen MR) is 130 cm³/mol. The maximum Gasteiger partial charge on any atom is 0.416 e. The monoisotopic (exact) mass is 563 g/mol. The van der Waals surface area contributed by atoms with Gasteiger partial charge in [0.15, 0.2) is 0 Å². The lowest BCUT2D eigenvalue weighted by molar-refractivity contribution is -0.142. The number of benzene rings is 1. The number of piperidine rings is 1. The summed E-state index contributed by atoms with van der Waals surface area (Å²) in [4.78, 5) is 27.9. The molecular weight excluding hydrogens is 530 g/mol. The number of amides is 2. The Balaban J connectivity index is 1.40. The van der Waals surface area contributed by atoms with Gasteiger partial charge in [0.1, 0.15) is 11.9 Å². The fourth-order valence-corrected chi connectivity index (χ4v) is 8.03. The standard InChI is InChI=1S/C25H33F4N3O5S/c1-15(19-8-7-17(11-20(19)26)25(27,28)29)30-22(33)21-6-4-10-32(21)23(34)16-5-3-9-31(14-16)38(36,37)18-12-24(2,35)13-18/h7-8,11,15-16,18,21,35H,3-6,9-10,12-14H2,1-2H3,(H,30,33)/t15-,16+,18?,21-,24?/m1/s1. The molecule has 0 aromatic heterocycles. The van der Waals surface area contributed by atoms with Crippen LogP contribution in [0.1, 0.15) is 69.5 Å². The van der Waals surface area contributed by atoms with Gasteiger partial charge < -0.3 is 15.3 Å². The van der Waals surface area contributed by atoms with Gasteiger partial charge in [-0.15, -0.1) is 0 Å². The smallest absolute Gasteiger partial charge is 0.390 e. The third-order valence-corrected chi connectivity index (χ3v) is 10.1. The summed E-state index contributed by atoms with van der Waals surface area (Å²) in [6.45, 7) is 3.66. The van der Waals surface area contributed by atoms with Crippen molar-refractivity contribution in [1.82, 2.24) is 14.5 Å². The zero-order chi connectivity index (χ0) is 28.0. The van der Waals surface area contributed by atoms with E-state index >= 15 is 0 Å². The zero-order valence-corrected chi connectivity index (χ0v) is 22.1. The van der Waals surface area contributed by atoms with Crippen LogP contribution in [0.5, 0.6) is 0 Å². The first-order chi connectivity index (χ1) is 17.6.